The average molecular weight is 530 g/mol. The molecule has 4 rings (SSSR count). The van der Waals surface area contributed by atoms with Gasteiger partial charge in [-0.1, -0.05) is 43.5 Å². The maximum atomic E-state index is 12.8. The number of para-hydroxylation sites is 1. The van der Waals surface area contributed by atoms with Gasteiger partial charge in [-0.2, -0.15) is 0 Å². The van der Waals surface area contributed by atoms with E-state index in [0.29, 0.717) is 12.1 Å². The van der Waals surface area contributed by atoms with Crippen LogP contribution in [-0.4, -0.2) is 94.3 Å². The minimum absolute atomic E-state index is 0.189. The molecule has 2 amide bonds. The number of hydrogen-bond acceptors (Lipinski definition) is 5. The Kier molecular flexibility index (Phi) is 11.5. The van der Waals surface area contributed by atoms with E-state index >= 15 is 0 Å². The van der Waals surface area contributed by atoms with E-state index in [0.717, 1.165) is 64.3 Å². The lowest BCUT2D eigenvalue weighted by atomic mass is 9.94. The van der Waals surface area contributed by atoms with Crippen LogP contribution in [-0.2, 0) is 9.59 Å². The molecule has 1 aromatic carbocycles. The molecule has 1 saturated carbocycles. The maximum absolute atomic E-state index is 12.8. The molecular weight excluding hydrogens is 486 g/mol. The number of benzene rings is 1. The number of ether oxygens (including phenoxy) is 1. The molecule has 1 aromatic rings. The molecule has 1 aliphatic carbocycles. The van der Waals surface area contributed by atoms with Gasteiger partial charge in [0.15, 0.2) is 0 Å². The Morgan fingerprint density at radius 3 is 2.29 bits per heavy atom. The van der Waals surface area contributed by atoms with Gasteiger partial charge in [0.2, 0.25) is 0 Å². The van der Waals surface area contributed by atoms with Gasteiger partial charge in [-0.25, -0.2) is 14.4 Å². The number of carbonyl (C=O) groups is 3. The van der Waals surface area contributed by atoms with Crippen molar-refractivity contribution in [1.29, 1.82) is 0 Å². The largest absolute Gasteiger partial charge is 0.490 e. The standard InChI is InChI=1S/C27H41N3O2.C2H2O4/c1-22(2)32-26-13-7-6-12-25(26)23-14-18-28(19-15-23)16-8-9-17-29-20-21-30(27(29)31)24-10-4-3-5-11-24;3-1(4)2(5)6/h6-7,12-14,22,24H,3-5,8-11,15-21H2,1-2H3;(H,3,4)(H,5,6). The monoisotopic (exact) mass is 529 g/mol. The molecular formula is C29H43N3O6. The lowest BCUT2D eigenvalue weighted by Gasteiger charge is -2.31. The SMILES string of the molecule is CC(C)Oc1ccccc1C1=CCN(CCCCN2CCN(C3CCCCC3)C2=O)CC1.O=C(O)C(=O)O. The summed E-state index contributed by atoms with van der Waals surface area (Å²) in [7, 11) is 0. The Bertz CT molecular complexity index is 961. The highest BCUT2D eigenvalue weighted by Gasteiger charge is 2.33. The van der Waals surface area contributed by atoms with Crippen molar-refractivity contribution in [2.45, 2.75) is 77.4 Å². The summed E-state index contributed by atoms with van der Waals surface area (Å²) in [6.45, 7) is 10.1. The molecule has 0 aromatic heterocycles. The Morgan fingerprint density at radius 1 is 0.974 bits per heavy atom. The van der Waals surface area contributed by atoms with E-state index in [2.05, 4.69) is 58.9 Å². The minimum atomic E-state index is -1.82. The van der Waals surface area contributed by atoms with Crippen LogP contribution in [0.1, 0.15) is 70.8 Å². The fraction of sp³-hybridized carbons (Fsp3) is 0.621. The van der Waals surface area contributed by atoms with Crippen molar-refractivity contribution in [2.75, 3.05) is 39.3 Å². The van der Waals surface area contributed by atoms with E-state index in [1.54, 1.807) is 0 Å². The zero-order valence-electron chi connectivity index (χ0n) is 22.8. The molecule has 2 aliphatic heterocycles. The molecule has 2 N–H and O–H groups in total. The average Bonchev–Trinajstić information content (AvgIpc) is 3.28. The molecule has 0 unspecified atom stereocenters. The minimum Gasteiger partial charge on any atom is -0.490 e. The summed E-state index contributed by atoms with van der Waals surface area (Å²) in [4.78, 5) is 37.8. The van der Waals surface area contributed by atoms with Gasteiger partial charge >= 0.3 is 18.0 Å². The summed E-state index contributed by atoms with van der Waals surface area (Å²) in [5.41, 5.74) is 2.65. The van der Waals surface area contributed by atoms with Crippen molar-refractivity contribution in [2.24, 2.45) is 0 Å². The molecule has 0 spiro atoms. The number of carboxylic acid groups (broad SMARTS) is 2. The number of aliphatic carboxylic acids is 2. The summed E-state index contributed by atoms with van der Waals surface area (Å²) in [5, 5.41) is 14.8. The van der Waals surface area contributed by atoms with Gasteiger partial charge in [0.25, 0.3) is 0 Å². The highest BCUT2D eigenvalue weighted by Crippen LogP contribution is 2.31. The second-order valence-corrected chi connectivity index (χ2v) is 10.5. The molecule has 2 fully saturated rings. The lowest BCUT2D eigenvalue weighted by molar-refractivity contribution is -0.159. The summed E-state index contributed by atoms with van der Waals surface area (Å²) < 4.78 is 6.02. The highest BCUT2D eigenvalue weighted by molar-refractivity contribution is 6.27. The smallest absolute Gasteiger partial charge is 0.414 e. The third kappa shape index (κ3) is 8.75. The van der Waals surface area contributed by atoms with Crippen LogP contribution in [0, 0.1) is 0 Å². The van der Waals surface area contributed by atoms with Crippen molar-refractivity contribution < 1.29 is 29.3 Å². The first-order valence-electron chi connectivity index (χ1n) is 14.0. The van der Waals surface area contributed by atoms with Gasteiger partial charge in [-0.05, 0) is 64.1 Å². The van der Waals surface area contributed by atoms with Crippen LogP contribution in [0.15, 0.2) is 30.3 Å². The maximum Gasteiger partial charge on any atom is 0.414 e. The first-order valence-corrected chi connectivity index (χ1v) is 14.0. The van der Waals surface area contributed by atoms with Crippen molar-refractivity contribution >= 4 is 23.5 Å². The molecule has 9 nitrogen and oxygen atoms in total. The summed E-state index contributed by atoms with van der Waals surface area (Å²) in [5.74, 6) is -2.65. The second-order valence-electron chi connectivity index (χ2n) is 10.5. The van der Waals surface area contributed by atoms with E-state index in [4.69, 9.17) is 24.5 Å². The Hall–Kier alpha value is -3.07. The van der Waals surface area contributed by atoms with Gasteiger partial charge in [0.1, 0.15) is 5.75 Å². The summed E-state index contributed by atoms with van der Waals surface area (Å²) in [6.07, 6.45) is 12.2. The van der Waals surface area contributed by atoms with Crippen LogP contribution in [0.2, 0.25) is 0 Å². The Labute approximate surface area is 226 Å². The highest BCUT2D eigenvalue weighted by atomic mass is 16.5. The van der Waals surface area contributed by atoms with Crippen molar-refractivity contribution in [3.8, 4) is 5.75 Å². The van der Waals surface area contributed by atoms with Gasteiger partial charge in [-0.15, -0.1) is 0 Å². The number of unbranched alkanes of at least 4 members (excludes halogenated alkanes) is 1. The first kappa shape index (κ1) is 29.5. The predicted molar refractivity (Wildman–Crippen MR) is 146 cm³/mol. The van der Waals surface area contributed by atoms with E-state index in [-0.39, 0.29) is 6.10 Å². The summed E-state index contributed by atoms with van der Waals surface area (Å²) in [6, 6.07) is 9.22. The number of carboxylic acids is 2. The molecule has 0 bridgehead atoms. The first-order chi connectivity index (χ1) is 18.3. The number of nitrogens with zero attached hydrogens (tertiary/aromatic N) is 3. The second kappa shape index (κ2) is 14.8. The lowest BCUT2D eigenvalue weighted by Crippen LogP contribution is -2.40. The quantitative estimate of drug-likeness (QED) is 0.356. The van der Waals surface area contributed by atoms with E-state index < -0.39 is 11.9 Å². The van der Waals surface area contributed by atoms with Crippen LogP contribution in [0.25, 0.3) is 5.57 Å². The van der Waals surface area contributed by atoms with E-state index in [1.807, 2.05) is 0 Å². The zero-order chi connectivity index (χ0) is 27.5. The van der Waals surface area contributed by atoms with Gasteiger partial charge in [0, 0.05) is 44.3 Å². The third-order valence-electron chi connectivity index (χ3n) is 7.37. The van der Waals surface area contributed by atoms with Gasteiger partial charge < -0.3 is 24.7 Å². The molecule has 1 saturated heterocycles. The Balaban J connectivity index is 0.000000599. The number of rotatable bonds is 9. The molecule has 0 atom stereocenters. The van der Waals surface area contributed by atoms with Crippen LogP contribution in [0.5, 0.6) is 5.75 Å². The fourth-order valence-corrected chi connectivity index (χ4v) is 5.43. The molecule has 0 radical (unpaired) electrons. The van der Waals surface area contributed by atoms with E-state index in [9.17, 15) is 4.79 Å². The van der Waals surface area contributed by atoms with Gasteiger partial charge in [-0.3, -0.25) is 4.90 Å². The topological polar surface area (TPSA) is 111 Å². The normalized spacial score (nSPS) is 18.7. The number of amides is 2. The number of urea groups is 1. The molecule has 210 valence electrons. The van der Waals surface area contributed by atoms with Crippen molar-refractivity contribution in [1.82, 2.24) is 14.7 Å². The number of carbonyl (C=O) groups excluding carboxylic acids is 1. The third-order valence-corrected chi connectivity index (χ3v) is 7.37. The van der Waals surface area contributed by atoms with Gasteiger partial charge in [0.05, 0.1) is 6.10 Å². The van der Waals surface area contributed by atoms with E-state index in [1.165, 1.54) is 43.2 Å². The number of hydrogen-bond donors (Lipinski definition) is 2. The van der Waals surface area contributed by atoms with Crippen LogP contribution < -0.4 is 4.74 Å². The molecule has 38 heavy (non-hydrogen) atoms. The predicted octanol–water partition coefficient (Wildman–Crippen LogP) is 4.57. The van der Waals surface area contributed by atoms with Crippen LogP contribution >= 0.6 is 0 Å². The summed E-state index contributed by atoms with van der Waals surface area (Å²) >= 11 is 0. The van der Waals surface area contributed by atoms with Crippen molar-refractivity contribution in [3.63, 3.8) is 0 Å². The van der Waals surface area contributed by atoms with Crippen LogP contribution in [0.4, 0.5) is 4.79 Å². The molecule has 9 heteroatoms. The fourth-order valence-electron chi connectivity index (χ4n) is 5.43. The Morgan fingerprint density at radius 2 is 1.66 bits per heavy atom. The zero-order valence-corrected chi connectivity index (χ0v) is 22.8. The molecule has 2 heterocycles. The van der Waals surface area contributed by atoms with Crippen molar-refractivity contribution in [3.05, 3.63) is 35.9 Å². The molecule has 3 aliphatic rings. The van der Waals surface area contributed by atoms with Crippen LogP contribution in [0.3, 0.4) is 0 Å².